The average Bonchev–Trinajstić information content (AvgIpc) is 2.51. The monoisotopic (exact) mass is 180 g/mol. The zero-order valence-corrected chi connectivity index (χ0v) is 7.64. The van der Waals surface area contributed by atoms with Crippen LogP contribution in [0.1, 0.15) is 18.4 Å². The molecular formula is C9H12N2O2. The molecule has 1 aromatic heterocycles. The minimum absolute atomic E-state index is 0.172. The summed E-state index contributed by atoms with van der Waals surface area (Å²) in [5.74, 6) is -0.474. The highest BCUT2D eigenvalue weighted by molar-refractivity contribution is 5.76. The van der Waals surface area contributed by atoms with Gasteiger partial charge in [0.15, 0.2) is 0 Å². The van der Waals surface area contributed by atoms with Gasteiger partial charge in [-0.05, 0) is 11.5 Å². The first kappa shape index (κ1) is 8.29. The Bertz CT molecular complexity index is 345. The SMILES string of the molecule is CC1[C@H](C(=O)O)[C@H]1c1cnn(C)c1. The fourth-order valence-corrected chi connectivity index (χ4v) is 1.96. The van der Waals surface area contributed by atoms with Gasteiger partial charge in [-0.15, -0.1) is 0 Å². The van der Waals surface area contributed by atoms with Crippen molar-refractivity contribution in [3.05, 3.63) is 18.0 Å². The van der Waals surface area contributed by atoms with Crippen LogP contribution in [0.5, 0.6) is 0 Å². The summed E-state index contributed by atoms with van der Waals surface area (Å²) in [6, 6.07) is 0. The Labute approximate surface area is 76.2 Å². The van der Waals surface area contributed by atoms with E-state index in [0.29, 0.717) is 0 Å². The lowest BCUT2D eigenvalue weighted by atomic mass is 10.2. The normalized spacial score (nSPS) is 31.7. The molecule has 1 fully saturated rings. The second-order valence-corrected chi connectivity index (χ2v) is 3.70. The van der Waals surface area contributed by atoms with Crippen LogP contribution in [0.2, 0.25) is 0 Å². The number of hydrogen-bond acceptors (Lipinski definition) is 2. The van der Waals surface area contributed by atoms with Crippen molar-refractivity contribution < 1.29 is 9.90 Å². The molecule has 0 aliphatic heterocycles. The number of rotatable bonds is 2. The lowest BCUT2D eigenvalue weighted by molar-refractivity contribution is -0.138. The van der Waals surface area contributed by atoms with Crippen LogP contribution < -0.4 is 0 Å². The predicted molar refractivity (Wildman–Crippen MR) is 46.2 cm³/mol. The van der Waals surface area contributed by atoms with E-state index in [1.807, 2.05) is 20.2 Å². The molecule has 1 unspecified atom stereocenters. The Balaban J connectivity index is 2.17. The molecule has 70 valence electrons. The maximum absolute atomic E-state index is 10.7. The Morgan fingerprint density at radius 3 is 2.77 bits per heavy atom. The van der Waals surface area contributed by atoms with Crippen LogP contribution in [0.15, 0.2) is 12.4 Å². The summed E-state index contributed by atoms with van der Waals surface area (Å²) in [4.78, 5) is 10.7. The third-order valence-electron chi connectivity index (χ3n) is 2.77. The topological polar surface area (TPSA) is 55.1 Å². The number of carboxylic acids is 1. The fraction of sp³-hybridized carbons (Fsp3) is 0.556. The van der Waals surface area contributed by atoms with Crippen LogP contribution in [-0.2, 0) is 11.8 Å². The van der Waals surface area contributed by atoms with Crippen molar-refractivity contribution >= 4 is 5.97 Å². The van der Waals surface area contributed by atoms with Gasteiger partial charge in [0.2, 0.25) is 0 Å². The summed E-state index contributed by atoms with van der Waals surface area (Å²) in [7, 11) is 1.84. The molecule has 13 heavy (non-hydrogen) atoms. The van der Waals surface area contributed by atoms with Crippen molar-refractivity contribution in [1.29, 1.82) is 0 Å². The Morgan fingerprint density at radius 2 is 2.38 bits per heavy atom. The van der Waals surface area contributed by atoms with Gasteiger partial charge in [-0.2, -0.15) is 5.10 Å². The van der Waals surface area contributed by atoms with Gasteiger partial charge < -0.3 is 5.11 Å². The van der Waals surface area contributed by atoms with Gasteiger partial charge in [0, 0.05) is 19.2 Å². The zero-order valence-electron chi connectivity index (χ0n) is 7.64. The summed E-state index contributed by atoms with van der Waals surface area (Å²) in [6.07, 6.45) is 3.65. The smallest absolute Gasteiger partial charge is 0.307 e. The van der Waals surface area contributed by atoms with Crippen LogP contribution in [-0.4, -0.2) is 20.9 Å². The van der Waals surface area contributed by atoms with Crippen molar-refractivity contribution in [1.82, 2.24) is 9.78 Å². The summed E-state index contributed by atoms with van der Waals surface area (Å²) in [6.45, 7) is 1.97. The molecule has 4 nitrogen and oxygen atoms in total. The molecule has 1 aromatic rings. The molecule has 1 aliphatic carbocycles. The molecule has 1 saturated carbocycles. The molecule has 2 rings (SSSR count). The average molecular weight is 180 g/mol. The molecule has 0 amide bonds. The maximum Gasteiger partial charge on any atom is 0.307 e. The number of carboxylic acid groups (broad SMARTS) is 1. The van der Waals surface area contributed by atoms with Gasteiger partial charge in [-0.1, -0.05) is 6.92 Å². The van der Waals surface area contributed by atoms with Crippen LogP contribution >= 0.6 is 0 Å². The molecule has 0 saturated heterocycles. The summed E-state index contributed by atoms with van der Waals surface area (Å²) < 4.78 is 1.71. The highest BCUT2D eigenvalue weighted by atomic mass is 16.4. The van der Waals surface area contributed by atoms with Gasteiger partial charge in [0.05, 0.1) is 12.1 Å². The quantitative estimate of drug-likeness (QED) is 0.734. The molecule has 4 heteroatoms. The first-order valence-corrected chi connectivity index (χ1v) is 4.32. The van der Waals surface area contributed by atoms with Crippen molar-refractivity contribution in [2.24, 2.45) is 18.9 Å². The first-order chi connectivity index (χ1) is 6.11. The molecule has 0 radical (unpaired) electrons. The van der Waals surface area contributed by atoms with E-state index in [9.17, 15) is 4.79 Å². The van der Waals surface area contributed by atoms with Gasteiger partial charge in [-0.3, -0.25) is 9.48 Å². The van der Waals surface area contributed by atoms with E-state index in [1.54, 1.807) is 10.9 Å². The molecule has 1 heterocycles. The lowest BCUT2D eigenvalue weighted by Gasteiger charge is -1.89. The Morgan fingerprint density at radius 1 is 1.69 bits per heavy atom. The molecule has 1 aliphatic rings. The van der Waals surface area contributed by atoms with E-state index in [-0.39, 0.29) is 17.8 Å². The van der Waals surface area contributed by atoms with E-state index < -0.39 is 5.97 Å². The van der Waals surface area contributed by atoms with Crippen molar-refractivity contribution in [2.75, 3.05) is 0 Å². The standard InChI is InChI=1S/C9H12N2O2/c1-5-7(8(5)9(12)13)6-3-10-11(2)4-6/h3-5,7-8H,1-2H3,(H,12,13)/t5?,7-,8+/m1/s1. The van der Waals surface area contributed by atoms with E-state index in [0.717, 1.165) is 5.56 Å². The van der Waals surface area contributed by atoms with Crippen molar-refractivity contribution in [3.8, 4) is 0 Å². The molecule has 0 aromatic carbocycles. The summed E-state index contributed by atoms with van der Waals surface area (Å²) in [5, 5.41) is 12.9. The molecule has 0 bridgehead atoms. The van der Waals surface area contributed by atoms with Crippen molar-refractivity contribution in [3.63, 3.8) is 0 Å². The largest absolute Gasteiger partial charge is 0.481 e. The lowest BCUT2D eigenvalue weighted by Crippen LogP contribution is -1.99. The third kappa shape index (κ3) is 1.22. The second-order valence-electron chi connectivity index (χ2n) is 3.70. The highest BCUT2D eigenvalue weighted by Crippen LogP contribution is 2.53. The van der Waals surface area contributed by atoms with Crippen LogP contribution in [0.4, 0.5) is 0 Å². The van der Waals surface area contributed by atoms with E-state index in [2.05, 4.69) is 5.10 Å². The first-order valence-electron chi connectivity index (χ1n) is 4.32. The number of hydrogen-bond donors (Lipinski definition) is 1. The molecular weight excluding hydrogens is 168 g/mol. The van der Waals surface area contributed by atoms with E-state index in [1.165, 1.54) is 0 Å². The van der Waals surface area contributed by atoms with Gasteiger partial charge in [-0.25, -0.2) is 0 Å². The second kappa shape index (κ2) is 2.58. The number of carbonyl (C=O) groups is 1. The highest BCUT2D eigenvalue weighted by Gasteiger charge is 2.53. The van der Waals surface area contributed by atoms with Crippen molar-refractivity contribution in [2.45, 2.75) is 12.8 Å². The van der Waals surface area contributed by atoms with Gasteiger partial charge in [0.25, 0.3) is 0 Å². The molecule has 1 N–H and O–H groups in total. The number of aliphatic carboxylic acids is 1. The zero-order chi connectivity index (χ0) is 9.59. The molecule has 0 spiro atoms. The number of aryl methyl sites for hydroxylation is 1. The predicted octanol–water partition coefficient (Wildman–Crippen LogP) is 0.854. The number of aromatic nitrogens is 2. The molecule has 3 atom stereocenters. The van der Waals surface area contributed by atoms with Crippen LogP contribution in [0.25, 0.3) is 0 Å². The Hall–Kier alpha value is -1.32. The van der Waals surface area contributed by atoms with Crippen LogP contribution in [0, 0.1) is 11.8 Å². The third-order valence-corrected chi connectivity index (χ3v) is 2.77. The minimum Gasteiger partial charge on any atom is -0.481 e. The number of nitrogens with zero attached hydrogens (tertiary/aromatic N) is 2. The van der Waals surface area contributed by atoms with E-state index >= 15 is 0 Å². The van der Waals surface area contributed by atoms with Gasteiger partial charge in [0.1, 0.15) is 0 Å². The maximum atomic E-state index is 10.7. The summed E-state index contributed by atoms with van der Waals surface area (Å²) in [5.41, 5.74) is 1.04. The Kier molecular flexibility index (Phi) is 1.65. The summed E-state index contributed by atoms with van der Waals surface area (Å²) >= 11 is 0. The van der Waals surface area contributed by atoms with Crippen LogP contribution in [0.3, 0.4) is 0 Å². The fourth-order valence-electron chi connectivity index (χ4n) is 1.96. The van der Waals surface area contributed by atoms with Gasteiger partial charge >= 0.3 is 5.97 Å². The minimum atomic E-state index is -0.693. The van der Waals surface area contributed by atoms with E-state index in [4.69, 9.17) is 5.11 Å².